The lowest BCUT2D eigenvalue weighted by atomic mass is 10.2. The zero-order chi connectivity index (χ0) is 24.2. The van der Waals surface area contributed by atoms with Gasteiger partial charge < -0.3 is 18.9 Å². The highest BCUT2D eigenvalue weighted by molar-refractivity contribution is 7.92. The highest BCUT2D eigenvalue weighted by atomic mass is 32.2. The van der Waals surface area contributed by atoms with Gasteiger partial charge in [-0.05, 0) is 55.5 Å². The maximum Gasteiger partial charge on any atom is 0.263 e. The number of likely N-dealkylation sites (N-methyl/N-ethyl adjacent to an activating group) is 1. The topological polar surface area (TPSA) is 115 Å². The summed E-state index contributed by atoms with van der Waals surface area (Å²) in [4.78, 5) is 18.5. The maximum absolute atomic E-state index is 12.7. The molecule has 1 heterocycles. The molecule has 1 atom stereocenters. The lowest BCUT2D eigenvalue weighted by Gasteiger charge is -2.21. The lowest BCUT2D eigenvalue weighted by molar-refractivity contribution is -0.137. The van der Waals surface area contributed by atoms with Crippen molar-refractivity contribution in [3.63, 3.8) is 0 Å². The third-order valence-corrected chi connectivity index (χ3v) is 6.13. The van der Waals surface area contributed by atoms with Crippen molar-refractivity contribution in [1.82, 2.24) is 15.0 Å². The summed E-state index contributed by atoms with van der Waals surface area (Å²) in [5.41, 5.74) is 1.26. The number of methoxy groups -OCH3 is 1. The van der Waals surface area contributed by atoms with Crippen molar-refractivity contribution in [2.75, 3.05) is 31.8 Å². The van der Waals surface area contributed by atoms with Crippen LogP contribution in [-0.4, -0.2) is 62.9 Å². The summed E-state index contributed by atoms with van der Waals surface area (Å²) in [6.45, 7) is 1.75. The Morgan fingerprint density at radius 3 is 2.24 bits per heavy atom. The van der Waals surface area contributed by atoms with Crippen molar-refractivity contribution in [3.05, 3.63) is 54.4 Å². The number of carbonyl (C=O) groups excluding carboxylic acids is 1. The first-order valence-electron chi connectivity index (χ1n) is 10.0. The Morgan fingerprint density at radius 2 is 1.67 bits per heavy atom. The third kappa shape index (κ3) is 6.01. The van der Waals surface area contributed by atoms with Crippen LogP contribution >= 0.6 is 0 Å². The molecule has 0 saturated heterocycles. The first-order valence-corrected chi connectivity index (χ1v) is 11.9. The molecule has 0 aliphatic heterocycles. The van der Waals surface area contributed by atoms with Crippen LogP contribution in [0, 0.1) is 0 Å². The quantitative estimate of drug-likeness (QED) is 0.465. The second kappa shape index (κ2) is 9.90. The van der Waals surface area contributed by atoms with Crippen LogP contribution in [-0.2, 0) is 21.4 Å². The van der Waals surface area contributed by atoms with Gasteiger partial charge in [0.2, 0.25) is 21.7 Å². The highest BCUT2D eigenvalue weighted by Gasteiger charge is 2.22. The van der Waals surface area contributed by atoms with Crippen LogP contribution in [0.3, 0.4) is 0 Å². The highest BCUT2D eigenvalue weighted by Crippen LogP contribution is 2.22. The Kier molecular flexibility index (Phi) is 7.22. The molecular weight excluding hydrogens is 448 g/mol. The van der Waals surface area contributed by atoms with E-state index < -0.39 is 16.1 Å². The molecule has 176 valence electrons. The van der Waals surface area contributed by atoms with Gasteiger partial charge in [0.25, 0.3) is 5.91 Å². The van der Waals surface area contributed by atoms with E-state index in [1.54, 1.807) is 57.5 Å². The zero-order valence-corrected chi connectivity index (χ0v) is 19.9. The molecule has 0 N–H and O–H groups in total. The van der Waals surface area contributed by atoms with Crippen molar-refractivity contribution in [2.45, 2.75) is 19.6 Å². The molecule has 3 rings (SSSR count). The van der Waals surface area contributed by atoms with Gasteiger partial charge in [-0.15, -0.1) is 0 Å². The van der Waals surface area contributed by atoms with Crippen molar-refractivity contribution in [3.8, 4) is 22.9 Å². The van der Waals surface area contributed by atoms with Gasteiger partial charge in [0.1, 0.15) is 11.5 Å². The SMILES string of the molecule is COc1ccc(-c2noc(CN(C)C(=O)[C@@H](C)Oc3ccc(N(C)S(C)(=O)=O)cc3)n2)cc1. The van der Waals surface area contributed by atoms with E-state index in [0.717, 1.165) is 21.9 Å². The molecule has 1 aromatic heterocycles. The molecule has 0 bridgehead atoms. The van der Waals surface area contributed by atoms with Crippen molar-refractivity contribution in [1.29, 1.82) is 0 Å². The average Bonchev–Trinajstić information content (AvgIpc) is 3.26. The predicted octanol–water partition coefficient (Wildman–Crippen LogP) is 2.57. The van der Waals surface area contributed by atoms with Crippen LogP contribution in [0.4, 0.5) is 5.69 Å². The van der Waals surface area contributed by atoms with E-state index in [0.29, 0.717) is 17.3 Å². The van der Waals surface area contributed by atoms with Crippen LogP contribution in [0.1, 0.15) is 12.8 Å². The molecule has 33 heavy (non-hydrogen) atoms. The second-order valence-electron chi connectivity index (χ2n) is 7.42. The van der Waals surface area contributed by atoms with Gasteiger partial charge >= 0.3 is 0 Å². The molecule has 1 amide bonds. The summed E-state index contributed by atoms with van der Waals surface area (Å²) in [6, 6.07) is 13.7. The molecule has 2 aromatic carbocycles. The zero-order valence-electron chi connectivity index (χ0n) is 19.0. The Balaban J connectivity index is 1.59. The van der Waals surface area contributed by atoms with E-state index in [4.69, 9.17) is 14.0 Å². The number of sulfonamides is 1. The largest absolute Gasteiger partial charge is 0.497 e. The molecule has 3 aromatic rings. The van der Waals surface area contributed by atoms with Gasteiger partial charge in [-0.25, -0.2) is 8.42 Å². The maximum atomic E-state index is 12.7. The number of aromatic nitrogens is 2. The minimum atomic E-state index is -3.36. The Morgan fingerprint density at radius 1 is 1.06 bits per heavy atom. The number of amides is 1. The third-order valence-electron chi connectivity index (χ3n) is 4.92. The van der Waals surface area contributed by atoms with Gasteiger partial charge in [0.15, 0.2) is 6.10 Å². The number of hydrogen-bond donors (Lipinski definition) is 0. The van der Waals surface area contributed by atoms with E-state index in [1.165, 1.54) is 11.9 Å². The fraction of sp³-hybridized carbons (Fsp3) is 0.318. The minimum absolute atomic E-state index is 0.119. The Hall–Kier alpha value is -3.60. The molecular formula is C22H26N4O6S. The van der Waals surface area contributed by atoms with Crippen LogP contribution in [0.2, 0.25) is 0 Å². The fourth-order valence-electron chi connectivity index (χ4n) is 2.95. The molecule has 0 radical (unpaired) electrons. The molecule has 0 fully saturated rings. The summed E-state index contributed by atoms with van der Waals surface area (Å²) in [6.07, 6.45) is 0.342. The molecule has 0 aliphatic carbocycles. The number of hydrogen-bond acceptors (Lipinski definition) is 8. The smallest absolute Gasteiger partial charge is 0.263 e. The van der Waals surface area contributed by atoms with Gasteiger partial charge in [-0.3, -0.25) is 9.10 Å². The number of carbonyl (C=O) groups is 1. The predicted molar refractivity (Wildman–Crippen MR) is 123 cm³/mol. The molecule has 10 nitrogen and oxygen atoms in total. The summed E-state index contributed by atoms with van der Waals surface area (Å²) < 4.78 is 40.6. The minimum Gasteiger partial charge on any atom is -0.497 e. The summed E-state index contributed by atoms with van der Waals surface area (Å²) in [5, 5.41) is 3.96. The molecule has 0 unspecified atom stereocenters. The van der Waals surface area contributed by atoms with Crippen LogP contribution in [0.15, 0.2) is 53.1 Å². The van der Waals surface area contributed by atoms with Gasteiger partial charge in [0.05, 0.1) is 25.6 Å². The number of anilines is 1. The number of rotatable bonds is 9. The van der Waals surface area contributed by atoms with E-state index >= 15 is 0 Å². The van der Waals surface area contributed by atoms with E-state index in [2.05, 4.69) is 10.1 Å². The summed E-state index contributed by atoms with van der Waals surface area (Å²) in [7, 11) is 1.31. The van der Waals surface area contributed by atoms with Gasteiger partial charge in [-0.1, -0.05) is 5.16 Å². The normalized spacial score (nSPS) is 12.2. The Labute approximate surface area is 192 Å². The van der Waals surface area contributed by atoms with Gasteiger partial charge in [0, 0.05) is 19.7 Å². The van der Waals surface area contributed by atoms with E-state index in [9.17, 15) is 13.2 Å². The standard InChI is InChI=1S/C22H26N4O6S/c1-15(31-19-12-8-17(9-13-19)26(3)33(5,28)29)22(27)25(2)14-20-23-21(24-32-20)16-6-10-18(30-4)11-7-16/h6-13,15H,14H2,1-5H3/t15-/m1/s1. The molecule has 0 saturated carbocycles. The lowest BCUT2D eigenvalue weighted by Crippen LogP contribution is -2.37. The summed E-state index contributed by atoms with van der Waals surface area (Å²) >= 11 is 0. The second-order valence-corrected chi connectivity index (χ2v) is 9.43. The molecule has 0 aliphatic rings. The molecule has 11 heteroatoms. The number of nitrogens with zero attached hydrogens (tertiary/aromatic N) is 4. The average molecular weight is 475 g/mol. The van der Waals surface area contributed by atoms with Crippen LogP contribution in [0.5, 0.6) is 11.5 Å². The van der Waals surface area contributed by atoms with Gasteiger partial charge in [-0.2, -0.15) is 4.98 Å². The Bertz CT molecular complexity index is 1190. The monoisotopic (exact) mass is 474 g/mol. The fourth-order valence-corrected chi connectivity index (χ4v) is 3.45. The summed E-state index contributed by atoms with van der Waals surface area (Å²) in [5.74, 6) is 1.58. The number of ether oxygens (including phenoxy) is 2. The first-order chi connectivity index (χ1) is 15.6. The molecule has 0 spiro atoms. The van der Waals surface area contributed by atoms with Crippen molar-refractivity contribution >= 4 is 21.6 Å². The van der Waals surface area contributed by atoms with Crippen molar-refractivity contribution in [2.24, 2.45) is 0 Å². The van der Waals surface area contributed by atoms with Crippen LogP contribution in [0.25, 0.3) is 11.4 Å². The van der Waals surface area contributed by atoms with E-state index in [1.807, 2.05) is 12.1 Å². The number of benzene rings is 2. The van der Waals surface area contributed by atoms with E-state index in [-0.39, 0.29) is 18.3 Å². The first kappa shape index (κ1) is 24.1. The van der Waals surface area contributed by atoms with Crippen molar-refractivity contribution < 1.29 is 27.2 Å². The van der Waals surface area contributed by atoms with Crippen LogP contribution < -0.4 is 13.8 Å².